The quantitative estimate of drug-likeness (QED) is 0.530. The molecule has 29 heavy (non-hydrogen) atoms. The SMILES string of the molecule is Cc1cc(NC(=O)c2ccco2)sc1C(=O)Nc1cc(CC2CCCCC2)[nH]n1. The summed E-state index contributed by atoms with van der Waals surface area (Å²) in [7, 11) is 0. The summed E-state index contributed by atoms with van der Waals surface area (Å²) in [4.78, 5) is 25.3. The maximum Gasteiger partial charge on any atom is 0.291 e. The molecule has 1 aliphatic rings. The summed E-state index contributed by atoms with van der Waals surface area (Å²) in [5.41, 5.74) is 1.85. The molecule has 3 N–H and O–H groups in total. The Kier molecular flexibility index (Phi) is 5.80. The minimum atomic E-state index is -0.345. The van der Waals surface area contributed by atoms with Crippen LogP contribution in [-0.4, -0.2) is 22.0 Å². The molecule has 152 valence electrons. The number of aromatic nitrogens is 2. The van der Waals surface area contributed by atoms with Crippen LogP contribution in [0.15, 0.2) is 34.9 Å². The second-order valence-electron chi connectivity index (χ2n) is 7.49. The molecule has 0 spiro atoms. The van der Waals surface area contributed by atoms with Gasteiger partial charge in [-0.05, 0) is 43.0 Å². The third-order valence-corrected chi connectivity index (χ3v) is 6.36. The minimum absolute atomic E-state index is 0.226. The second-order valence-corrected chi connectivity index (χ2v) is 8.55. The van der Waals surface area contributed by atoms with E-state index in [4.69, 9.17) is 4.42 Å². The first-order chi connectivity index (χ1) is 14.1. The van der Waals surface area contributed by atoms with Gasteiger partial charge in [0.25, 0.3) is 11.8 Å². The zero-order valence-corrected chi connectivity index (χ0v) is 17.1. The molecule has 0 saturated heterocycles. The molecule has 0 aliphatic heterocycles. The van der Waals surface area contributed by atoms with E-state index in [0.717, 1.165) is 17.7 Å². The molecule has 0 atom stereocenters. The average Bonchev–Trinajstić information content (AvgIpc) is 3.44. The van der Waals surface area contributed by atoms with Crippen molar-refractivity contribution in [1.82, 2.24) is 10.2 Å². The van der Waals surface area contributed by atoms with Gasteiger partial charge in [0.05, 0.1) is 16.1 Å². The smallest absolute Gasteiger partial charge is 0.291 e. The average molecular weight is 413 g/mol. The van der Waals surface area contributed by atoms with Gasteiger partial charge in [-0.25, -0.2) is 0 Å². The molecule has 0 unspecified atom stereocenters. The van der Waals surface area contributed by atoms with E-state index in [-0.39, 0.29) is 17.6 Å². The molecule has 4 rings (SSSR count). The normalized spacial score (nSPS) is 14.7. The lowest BCUT2D eigenvalue weighted by molar-refractivity contribution is 0.0995. The van der Waals surface area contributed by atoms with Crippen molar-refractivity contribution in [1.29, 1.82) is 0 Å². The molecule has 8 heteroatoms. The van der Waals surface area contributed by atoms with Gasteiger partial charge in [-0.3, -0.25) is 14.7 Å². The van der Waals surface area contributed by atoms with Crippen molar-refractivity contribution in [2.75, 3.05) is 10.6 Å². The van der Waals surface area contributed by atoms with Crippen molar-refractivity contribution in [3.8, 4) is 0 Å². The number of rotatable bonds is 6. The van der Waals surface area contributed by atoms with E-state index >= 15 is 0 Å². The number of hydrogen-bond acceptors (Lipinski definition) is 5. The van der Waals surface area contributed by atoms with Gasteiger partial charge in [-0.2, -0.15) is 5.10 Å². The Bertz CT molecular complexity index is 984. The van der Waals surface area contributed by atoms with Crippen LogP contribution in [0.5, 0.6) is 0 Å². The number of carbonyl (C=O) groups excluding carboxylic acids is 2. The third-order valence-electron chi connectivity index (χ3n) is 5.21. The highest BCUT2D eigenvalue weighted by atomic mass is 32.1. The topological polar surface area (TPSA) is 100 Å². The number of aromatic amines is 1. The Morgan fingerprint density at radius 1 is 1.21 bits per heavy atom. The summed E-state index contributed by atoms with van der Waals surface area (Å²) in [6.07, 6.45) is 8.90. The van der Waals surface area contributed by atoms with Crippen LogP contribution in [0, 0.1) is 12.8 Å². The molecule has 3 aromatic heterocycles. The largest absolute Gasteiger partial charge is 0.459 e. The lowest BCUT2D eigenvalue weighted by Crippen LogP contribution is -2.11. The van der Waals surface area contributed by atoms with Gasteiger partial charge in [-0.1, -0.05) is 32.1 Å². The summed E-state index contributed by atoms with van der Waals surface area (Å²) in [5.74, 6) is 0.871. The number of nitrogens with one attached hydrogen (secondary N) is 3. The Balaban J connectivity index is 1.37. The fraction of sp³-hybridized carbons (Fsp3) is 0.381. The highest BCUT2D eigenvalue weighted by Crippen LogP contribution is 2.29. The second kappa shape index (κ2) is 8.65. The molecular weight excluding hydrogens is 388 g/mol. The first-order valence-electron chi connectivity index (χ1n) is 9.89. The van der Waals surface area contributed by atoms with E-state index in [1.165, 1.54) is 49.7 Å². The van der Waals surface area contributed by atoms with Gasteiger partial charge in [0.2, 0.25) is 0 Å². The summed E-state index contributed by atoms with van der Waals surface area (Å²) in [6.45, 7) is 1.84. The van der Waals surface area contributed by atoms with E-state index < -0.39 is 0 Å². The molecule has 1 fully saturated rings. The maximum atomic E-state index is 12.7. The highest BCUT2D eigenvalue weighted by molar-refractivity contribution is 7.18. The Hall–Kier alpha value is -2.87. The minimum Gasteiger partial charge on any atom is -0.459 e. The van der Waals surface area contributed by atoms with Crippen LogP contribution in [0.3, 0.4) is 0 Å². The number of H-pyrrole nitrogens is 1. The van der Waals surface area contributed by atoms with Gasteiger partial charge < -0.3 is 15.1 Å². The molecule has 3 aromatic rings. The molecule has 1 aliphatic carbocycles. The van der Waals surface area contributed by atoms with Gasteiger partial charge in [-0.15, -0.1) is 11.3 Å². The number of furan rings is 1. The molecule has 2 amide bonds. The lowest BCUT2D eigenvalue weighted by atomic mass is 9.86. The zero-order chi connectivity index (χ0) is 20.2. The molecular formula is C21H24N4O3S. The van der Waals surface area contributed by atoms with E-state index in [0.29, 0.717) is 21.6 Å². The number of nitrogens with zero attached hydrogens (tertiary/aromatic N) is 1. The Morgan fingerprint density at radius 3 is 2.79 bits per heavy atom. The van der Waals surface area contributed by atoms with E-state index in [1.54, 1.807) is 18.2 Å². The number of hydrogen-bond donors (Lipinski definition) is 3. The molecule has 3 heterocycles. The third kappa shape index (κ3) is 4.76. The van der Waals surface area contributed by atoms with Crippen molar-refractivity contribution in [2.24, 2.45) is 5.92 Å². The number of anilines is 2. The van der Waals surface area contributed by atoms with Crippen molar-refractivity contribution < 1.29 is 14.0 Å². The first kappa shape index (κ1) is 19.4. The highest BCUT2D eigenvalue weighted by Gasteiger charge is 2.19. The molecule has 0 radical (unpaired) electrons. The van der Waals surface area contributed by atoms with E-state index in [2.05, 4.69) is 20.8 Å². The van der Waals surface area contributed by atoms with Gasteiger partial charge in [0, 0.05) is 11.8 Å². The zero-order valence-electron chi connectivity index (χ0n) is 16.3. The number of carbonyl (C=O) groups is 2. The van der Waals surface area contributed by atoms with Crippen molar-refractivity contribution in [2.45, 2.75) is 45.4 Å². The maximum absolute atomic E-state index is 12.7. The summed E-state index contributed by atoms with van der Waals surface area (Å²) >= 11 is 1.22. The monoisotopic (exact) mass is 412 g/mol. The van der Waals surface area contributed by atoms with Crippen molar-refractivity contribution >= 4 is 34.0 Å². The summed E-state index contributed by atoms with van der Waals surface area (Å²) in [6, 6.07) is 6.93. The Morgan fingerprint density at radius 2 is 2.03 bits per heavy atom. The first-order valence-corrected chi connectivity index (χ1v) is 10.7. The van der Waals surface area contributed by atoms with Crippen molar-refractivity contribution in [3.05, 3.63) is 52.4 Å². The standard InChI is InChI=1S/C21H24N4O3S/c1-13-10-18(23-20(26)16-8-5-9-28-16)29-19(13)21(27)22-17-12-15(24-25-17)11-14-6-3-2-4-7-14/h5,8-10,12,14H,2-4,6-7,11H2,1H3,(H,23,26)(H2,22,24,25,27). The van der Waals surface area contributed by atoms with Gasteiger partial charge in [0.1, 0.15) is 0 Å². The van der Waals surface area contributed by atoms with Crippen LogP contribution >= 0.6 is 11.3 Å². The molecule has 0 bridgehead atoms. The fourth-order valence-electron chi connectivity index (χ4n) is 3.76. The number of thiophene rings is 1. The molecule has 1 saturated carbocycles. The Labute approximate surface area is 172 Å². The van der Waals surface area contributed by atoms with Crippen LogP contribution in [0.4, 0.5) is 10.8 Å². The fourth-order valence-corrected chi connectivity index (χ4v) is 4.72. The molecule has 0 aromatic carbocycles. The number of amides is 2. The van der Waals surface area contributed by atoms with Gasteiger partial charge >= 0.3 is 0 Å². The predicted octanol–water partition coefficient (Wildman–Crippen LogP) is 5.00. The van der Waals surface area contributed by atoms with Crippen LogP contribution in [0.1, 0.15) is 63.6 Å². The van der Waals surface area contributed by atoms with E-state index in [9.17, 15) is 9.59 Å². The van der Waals surface area contributed by atoms with Crippen LogP contribution < -0.4 is 10.6 Å². The predicted molar refractivity (Wildman–Crippen MR) is 113 cm³/mol. The summed E-state index contributed by atoms with van der Waals surface area (Å²) in [5, 5.41) is 13.5. The van der Waals surface area contributed by atoms with Gasteiger partial charge in [0.15, 0.2) is 11.6 Å². The number of aryl methyl sites for hydroxylation is 1. The lowest BCUT2D eigenvalue weighted by Gasteiger charge is -2.20. The molecule has 7 nitrogen and oxygen atoms in total. The summed E-state index contributed by atoms with van der Waals surface area (Å²) < 4.78 is 5.09. The van der Waals surface area contributed by atoms with Crippen molar-refractivity contribution in [3.63, 3.8) is 0 Å². The van der Waals surface area contributed by atoms with E-state index in [1.807, 2.05) is 13.0 Å². The van der Waals surface area contributed by atoms with Crippen LogP contribution in [-0.2, 0) is 6.42 Å². The van der Waals surface area contributed by atoms with Crippen LogP contribution in [0.25, 0.3) is 0 Å². The van der Waals surface area contributed by atoms with Crippen LogP contribution in [0.2, 0.25) is 0 Å².